The van der Waals surface area contributed by atoms with Crippen LogP contribution in [0.3, 0.4) is 0 Å². The van der Waals surface area contributed by atoms with Crippen LogP contribution in [0.5, 0.6) is 0 Å². The van der Waals surface area contributed by atoms with Crippen LogP contribution in [0.1, 0.15) is 30.4 Å². The minimum atomic E-state index is 0.309. The molecule has 0 saturated heterocycles. The van der Waals surface area contributed by atoms with E-state index in [9.17, 15) is 0 Å². The van der Waals surface area contributed by atoms with Crippen molar-refractivity contribution >= 4 is 5.69 Å². The number of aliphatic hydroxyl groups is 1. The van der Waals surface area contributed by atoms with E-state index < -0.39 is 0 Å². The molecular weight excluding hydrogens is 186 g/mol. The third-order valence-electron chi connectivity index (χ3n) is 2.75. The molecule has 0 spiro atoms. The fraction of sp³-hybridized carbons (Fsp3) is 0.538. The Balaban J connectivity index is 2.34. The molecule has 2 nitrogen and oxygen atoms in total. The summed E-state index contributed by atoms with van der Waals surface area (Å²) in [6.07, 6.45) is 3.12. The maximum atomic E-state index is 8.64. The molecule has 0 aliphatic rings. The Hall–Kier alpha value is -1.02. The number of hydrogen-bond donors (Lipinski definition) is 2. The topological polar surface area (TPSA) is 32.3 Å². The Labute approximate surface area is 92.3 Å². The van der Waals surface area contributed by atoms with Crippen molar-refractivity contribution in [3.63, 3.8) is 0 Å². The Morgan fingerprint density at radius 2 is 1.93 bits per heavy atom. The SMILES string of the molecule is Cc1cccc(NCCCCCO)c1C. The van der Waals surface area contributed by atoms with Gasteiger partial charge < -0.3 is 10.4 Å². The molecule has 0 bridgehead atoms. The highest BCUT2D eigenvalue weighted by atomic mass is 16.2. The number of aliphatic hydroxyl groups excluding tert-OH is 1. The van der Waals surface area contributed by atoms with E-state index in [-0.39, 0.29) is 0 Å². The van der Waals surface area contributed by atoms with Crippen molar-refractivity contribution in [1.82, 2.24) is 0 Å². The fourth-order valence-electron chi connectivity index (χ4n) is 1.58. The summed E-state index contributed by atoms with van der Waals surface area (Å²) in [5, 5.41) is 12.1. The average molecular weight is 207 g/mol. The second-order valence-electron chi connectivity index (χ2n) is 3.96. The van der Waals surface area contributed by atoms with E-state index in [4.69, 9.17) is 5.11 Å². The minimum absolute atomic E-state index is 0.309. The molecule has 0 aliphatic carbocycles. The highest BCUT2D eigenvalue weighted by molar-refractivity contribution is 5.53. The van der Waals surface area contributed by atoms with E-state index in [0.717, 1.165) is 25.8 Å². The van der Waals surface area contributed by atoms with Crippen LogP contribution in [0, 0.1) is 13.8 Å². The predicted molar refractivity (Wildman–Crippen MR) is 65.3 cm³/mol. The van der Waals surface area contributed by atoms with Gasteiger partial charge in [-0.1, -0.05) is 12.1 Å². The molecule has 2 N–H and O–H groups in total. The first-order chi connectivity index (χ1) is 7.25. The third-order valence-corrected chi connectivity index (χ3v) is 2.75. The summed E-state index contributed by atoms with van der Waals surface area (Å²) in [6, 6.07) is 6.33. The van der Waals surface area contributed by atoms with E-state index in [1.54, 1.807) is 0 Å². The maximum absolute atomic E-state index is 8.64. The van der Waals surface area contributed by atoms with E-state index in [0.29, 0.717) is 6.61 Å². The van der Waals surface area contributed by atoms with Gasteiger partial charge in [0, 0.05) is 18.8 Å². The molecule has 15 heavy (non-hydrogen) atoms. The number of rotatable bonds is 6. The second-order valence-corrected chi connectivity index (χ2v) is 3.96. The Bertz CT molecular complexity index is 297. The van der Waals surface area contributed by atoms with Gasteiger partial charge in [0.15, 0.2) is 0 Å². The number of benzene rings is 1. The summed E-state index contributed by atoms with van der Waals surface area (Å²) in [4.78, 5) is 0. The number of nitrogens with one attached hydrogen (secondary N) is 1. The summed E-state index contributed by atoms with van der Waals surface area (Å²) in [7, 11) is 0. The van der Waals surface area contributed by atoms with Crippen molar-refractivity contribution in [2.24, 2.45) is 0 Å². The van der Waals surface area contributed by atoms with Gasteiger partial charge in [0.2, 0.25) is 0 Å². The van der Waals surface area contributed by atoms with Crippen LogP contribution in [-0.2, 0) is 0 Å². The smallest absolute Gasteiger partial charge is 0.0431 e. The van der Waals surface area contributed by atoms with E-state index in [2.05, 4.69) is 37.4 Å². The van der Waals surface area contributed by atoms with Gasteiger partial charge in [-0.15, -0.1) is 0 Å². The summed E-state index contributed by atoms with van der Waals surface area (Å²) in [6.45, 7) is 5.57. The lowest BCUT2D eigenvalue weighted by Gasteiger charge is -2.10. The van der Waals surface area contributed by atoms with Crippen LogP contribution < -0.4 is 5.32 Å². The molecule has 1 aromatic carbocycles. The molecule has 0 heterocycles. The zero-order valence-corrected chi connectivity index (χ0v) is 9.71. The molecule has 1 aromatic rings. The lowest BCUT2D eigenvalue weighted by Crippen LogP contribution is -2.03. The molecule has 0 unspecified atom stereocenters. The Kier molecular flexibility index (Phi) is 5.19. The molecule has 0 radical (unpaired) electrons. The van der Waals surface area contributed by atoms with E-state index in [1.165, 1.54) is 16.8 Å². The fourth-order valence-corrected chi connectivity index (χ4v) is 1.58. The third kappa shape index (κ3) is 3.92. The second kappa shape index (κ2) is 6.46. The van der Waals surface area contributed by atoms with Gasteiger partial charge in [0.1, 0.15) is 0 Å². The standard InChI is InChI=1S/C13H21NO/c1-11-7-6-8-13(12(11)2)14-9-4-3-5-10-15/h6-8,14-15H,3-5,9-10H2,1-2H3. The molecule has 0 atom stereocenters. The largest absolute Gasteiger partial charge is 0.396 e. The minimum Gasteiger partial charge on any atom is -0.396 e. The van der Waals surface area contributed by atoms with Crippen molar-refractivity contribution in [3.05, 3.63) is 29.3 Å². The normalized spacial score (nSPS) is 10.3. The van der Waals surface area contributed by atoms with Crippen molar-refractivity contribution in [1.29, 1.82) is 0 Å². The van der Waals surface area contributed by atoms with Crippen LogP contribution in [-0.4, -0.2) is 18.3 Å². The van der Waals surface area contributed by atoms with Crippen molar-refractivity contribution in [3.8, 4) is 0 Å². The Morgan fingerprint density at radius 3 is 2.67 bits per heavy atom. The van der Waals surface area contributed by atoms with Gasteiger partial charge in [0.05, 0.1) is 0 Å². The first-order valence-corrected chi connectivity index (χ1v) is 5.66. The number of aryl methyl sites for hydroxylation is 1. The molecule has 0 aliphatic heterocycles. The Morgan fingerprint density at radius 1 is 1.13 bits per heavy atom. The van der Waals surface area contributed by atoms with E-state index in [1.807, 2.05) is 0 Å². The molecule has 84 valence electrons. The molecule has 0 fully saturated rings. The number of anilines is 1. The summed E-state index contributed by atoms with van der Waals surface area (Å²) in [5.41, 5.74) is 3.90. The van der Waals surface area contributed by atoms with Crippen molar-refractivity contribution in [2.45, 2.75) is 33.1 Å². The van der Waals surface area contributed by atoms with Crippen LogP contribution in [0.4, 0.5) is 5.69 Å². The summed E-state index contributed by atoms with van der Waals surface area (Å²) < 4.78 is 0. The van der Waals surface area contributed by atoms with E-state index >= 15 is 0 Å². The van der Waals surface area contributed by atoms with Crippen molar-refractivity contribution in [2.75, 3.05) is 18.5 Å². The molecule has 0 aromatic heterocycles. The lowest BCUT2D eigenvalue weighted by atomic mass is 10.1. The maximum Gasteiger partial charge on any atom is 0.0431 e. The van der Waals surface area contributed by atoms with Gasteiger partial charge in [-0.05, 0) is 50.3 Å². The van der Waals surface area contributed by atoms with Gasteiger partial charge in [-0.25, -0.2) is 0 Å². The molecular formula is C13H21NO. The van der Waals surface area contributed by atoms with Gasteiger partial charge in [-0.2, -0.15) is 0 Å². The van der Waals surface area contributed by atoms with Crippen LogP contribution in [0.15, 0.2) is 18.2 Å². The van der Waals surface area contributed by atoms with Gasteiger partial charge in [0.25, 0.3) is 0 Å². The molecule has 2 heteroatoms. The zero-order valence-electron chi connectivity index (χ0n) is 9.71. The highest BCUT2D eigenvalue weighted by Gasteiger charge is 1.98. The van der Waals surface area contributed by atoms with Gasteiger partial charge >= 0.3 is 0 Å². The monoisotopic (exact) mass is 207 g/mol. The molecule has 0 amide bonds. The summed E-state index contributed by atoms with van der Waals surface area (Å²) >= 11 is 0. The number of hydrogen-bond acceptors (Lipinski definition) is 2. The summed E-state index contributed by atoms with van der Waals surface area (Å²) in [5.74, 6) is 0. The van der Waals surface area contributed by atoms with Crippen LogP contribution >= 0.6 is 0 Å². The highest BCUT2D eigenvalue weighted by Crippen LogP contribution is 2.17. The van der Waals surface area contributed by atoms with Crippen LogP contribution in [0.25, 0.3) is 0 Å². The van der Waals surface area contributed by atoms with Gasteiger partial charge in [-0.3, -0.25) is 0 Å². The lowest BCUT2D eigenvalue weighted by molar-refractivity contribution is 0.283. The predicted octanol–water partition coefficient (Wildman–Crippen LogP) is 2.88. The zero-order chi connectivity index (χ0) is 11.1. The first kappa shape index (κ1) is 12.1. The number of unbranched alkanes of at least 4 members (excludes halogenated alkanes) is 2. The first-order valence-electron chi connectivity index (χ1n) is 5.66. The average Bonchev–Trinajstić information content (AvgIpc) is 2.24. The molecule has 1 rings (SSSR count). The van der Waals surface area contributed by atoms with Crippen molar-refractivity contribution < 1.29 is 5.11 Å². The quantitative estimate of drug-likeness (QED) is 0.703. The van der Waals surface area contributed by atoms with Crippen LogP contribution in [0.2, 0.25) is 0 Å². The molecule has 0 saturated carbocycles.